The standard InChI is InChI=1S/C29H41F17N6O8/c30-22(31,23(32,33)24(34,35)25(36,37)26(38,39)27(40,41)28(42,43)29(44,45)46)2-1-16(54)52-7-15-18(55)17(51)19(56)21(60-15)58-13-5-12(8(48)3-9(13)49)57-20-10(50)4-11(53)14(6-47)59-20/h8-15,17-21,53,55-56H,1-7,47-51H2,(H,52,54)/t8-,9+,10+,11-,12-,13+,14+,15+,17-,18+,19+,20-,21-/m0/s1. The number of alkyl halides is 17. The lowest BCUT2D eigenvalue weighted by Crippen LogP contribution is -2.74. The molecule has 354 valence electrons. The Morgan fingerprint density at radius 2 is 1.05 bits per heavy atom. The quantitative estimate of drug-likeness (QED) is 0.0966. The first-order valence-electron chi connectivity index (χ1n) is 17.3. The summed E-state index contributed by atoms with van der Waals surface area (Å²) < 4.78 is 253. The fraction of sp³-hybridized carbons (Fsp3) is 0.966. The third-order valence-electron chi connectivity index (χ3n) is 10.1. The number of aliphatic hydroxyl groups excluding tert-OH is 3. The summed E-state index contributed by atoms with van der Waals surface area (Å²) in [7, 11) is 0. The van der Waals surface area contributed by atoms with Gasteiger partial charge in [-0.1, -0.05) is 0 Å². The lowest BCUT2D eigenvalue weighted by Gasteiger charge is -2.46. The zero-order valence-electron chi connectivity index (χ0n) is 30.2. The molecule has 0 bridgehead atoms. The molecule has 1 saturated carbocycles. The molecule has 3 rings (SSSR count). The van der Waals surface area contributed by atoms with Gasteiger partial charge in [-0.15, -0.1) is 0 Å². The van der Waals surface area contributed by atoms with E-state index in [1.165, 1.54) is 0 Å². The Balaban J connectivity index is 1.68. The molecular weight excluding hydrogens is 883 g/mol. The summed E-state index contributed by atoms with van der Waals surface area (Å²) >= 11 is 0. The van der Waals surface area contributed by atoms with E-state index in [4.69, 9.17) is 47.6 Å². The normalized spacial score (nSPS) is 34.7. The lowest BCUT2D eigenvalue weighted by molar-refractivity contribution is -0.461. The number of amides is 1. The van der Waals surface area contributed by atoms with E-state index in [-0.39, 0.29) is 25.8 Å². The van der Waals surface area contributed by atoms with Crippen LogP contribution in [-0.2, 0) is 23.7 Å². The molecule has 0 aromatic heterocycles. The second-order valence-electron chi connectivity index (χ2n) is 14.4. The van der Waals surface area contributed by atoms with Crippen LogP contribution in [0.1, 0.15) is 32.1 Å². The van der Waals surface area contributed by atoms with E-state index in [1.54, 1.807) is 5.32 Å². The van der Waals surface area contributed by atoms with Crippen molar-refractivity contribution in [1.29, 1.82) is 0 Å². The molecule has 14 N–H and O–H groups in total. The van der Waals surface area contributed by atoms with Crippen LogP contribution in [0.4, 0.5) is 74.6 Å². The molecule has 2 aliphatic heterocycles. The van der Waals surface area contributed by atoms with Crippen molar-refractivity contribution in [2.24, 2.45) is 28.7 Å². The summed E-state index contributed by atoms with van der Waals surface area (Å²) in [5, 5.41) is 32.8. The number of rotatable bonds is 16. The molecule has 2 saturated heterocycles. The van der Waals surface area contributed by atoms with Gasteiger partial charge in [0.25, 0.3) is 0 Å². The SMILES string of the molecule is NC[C@H]1O[C@H](O[C@H]2C[C@@H](O[C@H]3O[C@H](CNC(=O)CCC(F)(F)C(F)(F)C(F)(F)C(F)(F)C(F)(F)C(F)(F)C(F)(F)C(F)(F)F)[C@@H](O)[C@H](N)[C@H]3O)[C@H](N)C[C@@H]2N)[C@H](N)C[C@@H]1O. The van der Waals surface area contributed by atoms with Crippen molar-refractivity contribution < 1.29 is 114 Å². The van der Waals surface area contributed by atoms with Crippen molar-refractivity contribution in [2.75, 3.05) is 13.1 Å². The molecule has 0 radical (unpaired) electrons. The number of carbonyl (C=O) groups is 1. The zero-order valence-corrected chi connectivity index (χ0v) is 30.2. The molecule has 0 aromatic carbocycles. The Morgan fingerprint density at radius 3 is 1.53 bits per heavy atom. The van der Waals surface area contributed by atoms with Gasteiger partial charge in [-0.3, -0.25) is 4.79 Å². The Morgan fingerprint density at radius 1 is 0.600 bits per heavy atom. The monoisotopic (exact) mass is 924 g/mol. The molecule has 0 unspecified atom stereocenters. The van der Waals surface area contributed by atoms with Gasteiger partial charge in [-0.25, -0.2) is 0 Å². The average Bonchev–Trinajstić information content (AvgIpc) is 3.12. The van der Waals surface area contributed by atoms with Crippen LogP contribution >= 0.6 is 0 Å². The lowest BCUT2D eigenvalue weighted by atomic mass is 9.86. The maximum Gasteiger partial charge on any atom is 0.460 e. The summed E-state index contributed by atoms with van der Waals surface area (Å²) in [6.45, 7) is -1.18. The number of ether oxygens (including phenoxy) is 4. The summed E-state index contributed by atoms with van der Waals surface area (Å²) in [5.74, 6) is -59.7. The fourth-order valence-corrected chi connectivity index (χ4v) is 6.28. The molecule has 3 aliphatic rings. The third kappa shape index (κ3) is 9.36. The molecule has 31 heteroatoms. The summed E-state index contributed by atoms with van der Waals surface area (Å²) in [6.07, 6.45) is -25.7. The van der Waals surface area contributed by atoms with Crippen molar-refractivity contribution >= 4 is 5.91 Å². The summed E-state index contributed by atoms with van der Waals surface area (Å²) in [4.78, 5) is 12.2. The van der Waals surface area contributed by atoms with E-state index in [0.29, 0.717) is 0 Å². The highest BCUT2D eigenvalue weighted by molar-refractivity contribution is 5.76. The fourth-order valence-electron chi connectivity index (χ4n) is 6.28. The van der Waals surface area contributed by atoms with E-state index < -0.39 is 152 Å². The van der Waals surface area contributed by atoms with Gasteiger partial charge < -0.3 is 68.3 Å². The van der Waals surface area contributed by atoms with Gasteiger partial charge in [-0.2, -0.15) is 74.6 Å². The predicted molar refractivity (Wildman–Crippen MR) is 163 cm³/mol. The van der Waals surface area contributed by atoms with E-state index in [2.05, 4.69) is 0 Å². The first-order valence-corrected chi connectivity index (χ1v) is 17.3. The van der Waals surface area contributed by atoms with Crippen molar-refractivity contribution in [3.05, 3.63) is 0 Å². The maximum absolute atomic E-state index is 14.3. The Labute approximate surface area is 326 Å². The highest BCUT2D eigenvalue weighted by Crippen LogP contribution is 2.64. The van der Waals surface area contributed by atoms with Crippen LogP contribution in [0.3, 0.4) is 0 Å². The van der Waals surface area contributed by atoms with Crippen LogP contribution < -0.4 is 34.0 Å². The van der Waals surface area contributed by atoms with Crippen LogP contribution in [0, 0.1) is 0 Å². The van der Waals surface area contributed by atoms with E-state index in [1.807, 2.05) is 0 Å². The first kappa shape index (κ1) is 52.1. The van der Waals surface area contributed by atoms with Crippen LogP contribution in [0.25, 0.3) is 0 Å². The maximum atomic E-state index is 14.3. The van der Waals surface area contributed by atoms with Crippen molar-refractivity contribution in [1.82, 2.24) is 5.32 Å². The van der Waals surface area contributed by atoms with Crippen LogP contribution in [0.5, 0.6) is 0 Å². The number of hydrogen-bond acceptors (Lipinski definition) is 13. The van der Waals surface area contributed by atoms with Crippen molar-refractivity contribution in [3.8, 4) is 0 Å². The number of halogens is 17. The number of aliphatic hydroxyl groups is 3. The first-order chi connectivity index (χ1) is 26.9. The van der Waals surface area contributed by atoms with Crippen molar-refractivity contribution in [3.63, 3.8) is 0 Å². The number of nitrogens with two attached hydrogens (primary N) is 5. The van der Waals surface area contributed by atoms with Crippen LogP contribution in [0.2, 0.25) is 0 Å². The molecule has 0 spiro atoms. The van der Waals surface area contributed by atoms with Crippen LogP contribution in [0.15, 0.2) is 0 Å². The number of carbonyl (C=O) groups excluding carboxylic acids is 1. The minimum atomic E-state index is -8.79. The van der Waals surface area contributed by atoms with E-state index >= 15 is 0 Å². The van der Waals surface area contributed by atoms with Gasteiger partial charge in [0.15, 0.2) is 12.6 Å². The van der Waals surface area contributed by atoms with Gasteiger partial charge in [0.1, 0.15) is 12.2 Å². The Bertz CT molecular complexity index is 1470. The highest BCUT2D eigenvalue weighted by atomic mass is 19.4. The van der Waals surface area contributed by atoms with Gasteiger partial charge in [0.05, 0.1) is 42.6 Å². The third-order valence-corrected chi connectivity index (χ3v) is 10.1. The molecule has 3 fully saturated rings. The Hall–Kier alpha value is -2.20. The zero-order chi connectivity index (χ0) is 46.6. The van der Waals surface area contributed by atoms with E-state index in [9.17, 15) is 94.8 Å². The molecule has 60 heavy (non-hydrogen) atoms. The Kier molecular flexibility index (Phi) is 15.4. The van der Waals surface area contributed by atoms with Gasteiger partial charge in [0.2, 0.25) is 5.91 Å². The summed E-state index contributed by atoms with van der Waals surface area (Å²) in [6, 6.07) is -4.22. The molecule has 13 atom stereocenters. The molecular formula is C29H41F17N6O8. The van der Waals surface area contributed by atoms with Crippen LogP contribution in [-0.4, -0.2) is 161 Å². The minimum Gasteiger partial charge on any atom is -0.390 e. The molecule has 2 heterocycles. The topological polar surface area (TPSA) is 257 Å². The average molecular weight is 925 g/mol. The smallest absolute Gasteiger partial charge is 0.390 e. The molecule has 1 aliphatic carbocycles. The minimum absolute atomic E-state index is 0.00658. The van der Waals surface area contributed by atoms with Gasteiger partial charge in [-0.05, 0) is 12.8 Å². The molecule has 0 aromatic rings. The largest absolute Gasteiger partial charge is 0.460 e. The highest BCUT2D eigenvalue weighted by Gasteiger charge is 2.95. The second kappa shape index (κ2) is 17.8. The number of nitrogens with one attached hydrogen (secondary N) is 1. The van der Waals surface area contributed by atoms with Gasteiger partial charge in [0, 0.05) is 44.4 Å². The number of hydrogen-bond donors (Lipinski definition) is 9. The predicted octanol–water partition coefficient (Wildman–Crippen LogP) is 0.647. The second-order valence-corrected chi connectivity index (χ2v) is 14.4. The molecule has 1 amide bonds. The van der Waals surface area contributed by atoms with Crippen molar-refractivity contribution in [2.45, 2.75) is 159 Å². The van der Waals surface area contributed by atoms with Gasteiger partial charge >= 0.3 is 47.6 Å². The molecule has 14 nitrogen and oxygen atoms in total. The van der Waals surface area contributed by atoms with E-state index in [0.717, 1.165) is 0 Å². The summed E-state index contributed by atoms with van der Waals surface area (Å²) in [5.41, 5.74) is 29.7.